The molecule has 4 nitrogen and oxygen atoms in total. The molecule has 0 bridgehead atoms. The third-order valence-electron chi connectivity index (χ3n) is 2.70. The summed E-state index contributed by atoms with van der Waals surface area (Å²) < 4.78 is 0. The molecule has 2 N–H and O–H groups in total. The van der Waals surface area contributed by atoms with Crippen LogP contribution in [0.15, 0.2) is 29.1 Å². The van der Waals surface area contributed by atoms with Gasteiger partial charge in [-0.2, -0.15) is 0 Å². The standard InChI is InChI=1S/C13H13ClN2O2/c1-8-11(6-7-17)13(18)16-12(15-8)9-2-4-10(14)5-3-9/h2-5,17H,6-7H2,1H3,(H,15,16,18). The number of aliphatic hydroxyl groups is 1. The van der Waals surface area contributed by atoms with E-state index >= 15 is 0 Å². The van der Waals surface area contributed by atoms with Crippen LogP contribution in [-0.2, 0) is 6.42 Å². The van der Waals surface area contributed by atoms with E-state index in [9.17, 15) is 4.79 Å². The summed E-state index contributed by atoms with van der Waals surface area (Å²) >= 11 is 5.81. The molecule has 5 heteroatoms. The second kappa shape index (κ2) is 5.33. The molecular formula is C13H13ClN2O2. The maximum Gasteiger partial charge on any atom is 0.254 e. The van der Waals surface area contributed by atoms with Crippen molar-refractivity contribution in [3.05, 3.63) is 50.9 Å². The predicted molar refractivity (Wildman–Crippen MR) is 70.8 cm³/mol. The molecule has 1 aromatic heterocycles. The third kappa shape index (κ3) is 2.60. The number of hydrogen-bond acceptors (Lipinski definition) is 3. The molecule has 0 unspecified atom stereocenters. The molecule has 0 aliphatic heterocycles. The molecule has 18 heavy (non-hydrogen) atoms. The first-order chi connectivity index (χ1) is 8.61. The van der Waals surface area contributed by atoms with Gasteiger partial charge >= 0.3 is 0 Å². The van der Waals surface area contributed by atoms with Crippen LogP contribution >= 0.6 is 11.6 Å². The first-order valence-electron chi connectivity index (χ1n) is 5.58. The van der Waals surface area contributed by atoms with Gasteiger partial charge in [0.25, 0.3) is 5.56 Å². The minimum atomic E-state index is -0.207. The second-order valence-electron chi connectivity index (χ2n) is 3.96. The normalized spacial score (nSPS) is 10.6. The van der Waals surface area contributed by atoms with Crippen molar-refractivity contribution in [1.29, 1.82) is 0 Å². The quantitative estimate of drug-likeness (QED) is 0.890. The Morgan fingerprint density at radius 2 is 2.00 bits per heavy atom. The van der Waals surface area contributed by atoms with Crippen molar-refractivity contribution in [2.45, 2.75) is 13.3 Å². The van der Waals surface area contributed by atoms with E-state index in [1.165, 1.54) is 0 Å². The first-order valence-corrected chi connectivity index (χ1v) is 5.96. The fourth-order valence-electron chi connectivity index (χ4n) is 1.76. The molecule has 0 saturated heterocycles. The topological polar surface area (TPSA) is 66.0 Å². The van der Waals surface area contributed by atoms with Gasteiger partial charge < -0.3 is 10.1 Å². The largest absolute Gasteiger partial charge is 0.396 e. The summed E-state index contributed by atoms with van der Waals surface area (Å²) in [6.45, 7) is 1.70. The van der Waals surface area contributed by atoms with Crippen LogP contribution in [0.4, 0.5) is 0 Å². The van der Waals surface area contributed by atoms with Crippen LogP contribution in [0.2, 0.25) is 5.02 Å². The van der Waals surface area contributed by atoms with E-state index in [-0.39, 0.29) is 12.2 Å². The molecule has 0 radical (unpaired) electrons. The van der Waals surface area contributed by atoms with Crippen molar-refractivity contribution >= 4 is 11.6 Å². The van der Waals surface area contributed by atoms with Crippen LogP contribution in [0, 0.1) is 6.92 Å². The monoisotopic (exact) mass is 264 g/mol. The molecular weight excluding hydrogens is 252 g/mol. The van der Waals surface area contributed by atoms with Crippen molar-refractivity contribution in [3.8, 4) is 11.4 Å². The summed E-state index contributed by atoms with van der Waals surface area (Å²) in [5.74, 6) is 0.510. The molecule has 1 aromatic carbocycles. The van der Waals surface area contributed by atoms with Crippen LogP contribution in [-0.4, -0.2) is 21.7 Å². The molecule has 0 saturated carbocycles. The number of aromatic nitrogens is 2. The number of aliphatic hydroxyl groups excluding tert-OH is 1. The average molecular weight is 265 g/mol. The van der Waals surface area contributed by atoms with Gasteiger partial charge in [-0.1, -0.05) is 11.6 Å². The lowest BCUT2D eigenvalue weighted by Gasteiger charge is -2.06. The molecule has 2 aromatic rings. The predicted octanol–water partition coefficient (Wildman–Crippen LogP) is 1.93. The molecule has 1 heterocycles. The number of aromatic amines is 1. The highest BCUT2D eigenvalue weighted by Gasteiger charge is 2.08. The second-order valence-corrected chi connectivity index (χ2v) is 4.40. The maximum atomic E-state index is 11.9. The van der Waals surface area contributed by atoms with Crippen molar-refractivity contribution in [2.75, 3.05) is 6.61 Å². The Kier molecular flexibility index (Phi) is 3.79. The molecule has 0 spiro atoms. The number of benzene rings is 1. The fourth-order valence-corrected chi connectivity index (χ4v) is 1.89. The van der Waals surface area contributed by atoms with Crippen LogP contribution in [0.3, 0.4) is 0 Å². The highest BCUT2D eigenvalue weighted by atomic mass is 35.5. The SMILES string of the molecule is Cc1nc(-c2ccc(Cl)cc2)[nH]c(=O)c1CCO. The van der Waals surface area contributed by atoms with Crippen molar-refractivity contribution in [1.82, 2.24) is 9.97 Å². The van der Waals surface area contributed by atoms with Crippen LogP contribution in [0.5, 0.6) is 0 Å². The zero-order valence-electron chi connectivity index (χ0n) is 9.90. The number of nitrogens with one attached hydrogen (secondary N) is 1. The number of aryl methyl sites for hydroxylation is 1. The highest BCUT2D eigenvalue weighted by molar-refractivity contribution is 6.30. The Hall–Kier alpha value is -1.65. The number of rotatable bonds is 3. The lowest BCUT2D eigenvalue weighted by Crippen LogP contribution is -2.18. The lowest BCUT2D eigenvalue weighted by molar-refractivity contribution is 0.298. The van der Waals surface area contributed by atoms with Crippen LogP contribution in [0.1, 0.15) is 11.3 Å². The van der Waals surface area contributed by atoms with Gasteiger partial charge in [-0.05, 0) is 31.2 Å². The minimum absolute atomic E-state index is 0.0636. The molecule has 2 rings (SSSR count). The van der Waals surface area contributed by atoms with Gasteiger partial charge in [0.15, 0.2) is 0 Å². The maximum absolute atomic E-state index is 11.9. The van der Waals surface area contributed by atoms with E-state index in [0.717, 1.165) is 5.56 Å². The van der Waals surface area contributed by atoms with E-state index in [0.29, 0.717) is 28.5 Å². The molecule has 94 valence electrons. The first kappa shape index (κ1) is 12.8. The summed E-state index contributed by atoms with van der Waals surface area (Å²) in [7, 11) is 0. The Bertz CT molecular complexity index is 605. The molecule has 0 fully saturated rings. The number of nitrogens with zero attached hydrogens (tertiary/aromatic N) is 1. The van der Waals surface area contributed by atoms with E-state index in [1.807, 2.05) is 0 Å². The van der Waals surface area contributed by atoms with E-state index in [1.54, 1.807) is 31.2 Å². The van der Waals surface area contributed by atoms with Crippen LogP contribution in [0.25, 0.3) is 11.4 Å². The summed E-state index contributed by atoms with van der Waals surface area (Å²) in [5, 5.41) is 9.52. The Morgan fingerprint density at radius 1 is 1.33 bits per heavy atom. The van der Waals surface area contributed by atoms with Gasteiger partial charge in [0, 0.05) is 34.9 Å². The summed E-state index contributed by atoms with van der Waals surface area (Å²) in [6.07, 6.45) is 0.315. The highest BCUT2D eigenvalue weighted by Crippen LogP contribution is 2.17. The summed E-state index contributed by atoms with van der Waals surface area (Å²) in [5.41, 5.74) is 1.75. The lowest BCUT2D eigenvalue weighted by atomic mass is 10.1. The van der Waals surface area contributed by atoms with Gasteiger partial charge in [-0.15, -0.1) is 0 Å². The van der Waals surface area contributed by atoms with E-state index in [2.05, 4.69) is 9.97 Å². The van der Waals surface area contributed by atoms with Gasteiger partial charge in [0.2, 0.25) is 0 Å². The van der Waals surface area contributed by atoms with Crippen molar-refractivity contribution in [2.24, 2.45) is 0 Å². The molecule has 0 aliphatic rings. The van der Waals surface area contributed by atoms with Gasteiger partial charge in [-0.3, -0.25) is 4.79 Å². The van der Waals surface area contributed by atoms with Gasteiger partial charge in [0.1, 0.15) is 5.82 Å². The zero-order chi connectivity index (χ0) is 13.1. The number of hydrogen-bond donors (Lipinski definition) is 2. The van der Waals surface area contributed by atoms with Crippen LogP contribution < -0.4 is 5.56 Å². The Morgan fingerprint density at radius 3 is 2.56 bits per heavy atom. The molecule has 0 atom stereocenters. The average Bonchev–Trinajstić information content (AvgIpc) is 2.34. The van der Waals surface area contributed by atoms with E-state index < -0.39 is 0 Å². The minimum Gasteiger partial charge on any atom is -0.396 e. The molecule has 0 amide bonds. The zero-order valence-corrected chi connectivity index (χ0v) is 10.7. The summed E-state index contributed by atoms with van der Waals surface area (Å²) in [4.78, 5) is 18.9. The number of H-pyrrole nitrogens is 1. The van der Waals surface area contributed by atoms with Crippen molar-refractivity contribution < 1.29 is 5.11 Å². The van der Waals surface area contributed by atoms with E-state index in [4.69, 9.17) is 16.7 Å². The number of halogens is 1. The fraction of sp³-hybridized carbons (Fsp3) is 0.231. The third-order valence-corrected chi connectivity index (χ3v) is 2.95. The van der Waals surface area contributed by atoms with Crippen molar-refractivity contribution in [3.63, 3.8) is 0 Å². The smallest absolute Gasteiger partial charge is 0.254 e. The summed E-state index contributed by atoms with van der Waals surface area (Å²) in [6, 6.07) is 7.08. The Labute approximate surface area is 109 Å². The van der Waals surface area contributed by atoms with Gasteiger partial charge in [0.05, 0.1) is 0 Å². The van der Waals surface area contributed by atoms with Gasteiger partial charge in [-0.25, -0.2) is 4.98 Å². The Balaban J connectivity index is 2.48. The molecule has 0 aliphatic carbocycles.